The van der Waals surface area contributed by atoms with E-state index in [2.05, 4.69) is 10.6 Å². The van der Waals surface area contributed by atoms with Crippen LogP contribution in [0.1, 0.15) is 13.8 Å². The highest BCUT2D eigenvalue weighted by Crippen LogP contribution is 2.08. The Morgan fingerprint density at radius 2 is 1.78 bits per heavy atom. The van der Waals surface area contributed by atoms with Gasteiger partial charge in [0, 0.05) is 5.69 Å². The Balaban J connectivity index is 2.60. The Morgan fingerprint density at radius 1 is 1.22 bits per heavy atom. The number of hydrogen-bond donors (Lipinski definition) is 3. The number of rotatable bonds is 4. The number of amides is 2. The van der Waals surface area contributed by atoms with Gasteiger partial charge < -0.3 is 15.7 Å². The number of anilines is 1. The Labute approximate surface area is 104 Å². The number of urea groups is 1. The number of halogens is 1. The summed E-state index contributed by atoms with van der Waals surface area (Å²) in [6, 6.07) is 3.58. The molecule has 1 aromatic rings. The topological polar surface area (TPSA) is 78.4 Å². The van der Waals surface area contributed by atoms with Gasteiger partial charge in [-0.3, -0.25) is 0 Å². The predicted molar refractivity (Wildman–Crippen MR) is 64.8 cm³/mol. The van der Waals surface area contributed by atoms with Crippen molar-refractivity contribution in [3.63, 3.8) is 0 Å². The zero-order chi connectivity index (χ0) is 13.7. The smallest absolute Gasteiger partial charge is 0.326 e. The Bertz CT molecular complexity index is 431. The van der Waals surface area contributed by atoms with Gasteiger partial charge in [0.1, 0.15) is 11.9 Å². The molecule has 1 rings (SSSR count). The third-order valence-corrected chi connectivity index (χ3v) is 2.32. The van der Waals surface area contributed by atoms with E-state index in [4.69, 9.17) is 5.11 Å². The first-order valence-corrected chi connectivity index (χ1v) is 5.46. The maximum atomic E-state index is 12.6. The summed E-state index contributed by atoms with van der Waals surface area (Å²) in [6.45, 7) is 3.38. The molecule has 18 heavy (non-hydrogen) atoms. The summed E-state index contributed by atoms with van der Waals surface area (Å²) in [5.74, 6) is -1.74. The van der Waals surface area contributed by atoms with Gasteiger partial charge in [0.25, 0.3) is 0 Å². The van der Waals surface area contributed by atoms with Crippen molar-refractivity contribution in [2.45, 2.75) is 19.9 Å². The second kappa shape index (κ2) is 6.00. The monoisotopic (exact) mass is 254 g/mol. The number of hydrogen-bond acceptors (Lipinski definition) is 2. The minimum atomic E-state index is -1.10. The van der Waals surface area contributed by atoms with Gasteiger partial charge in [0.15, 0.2) is 0 Å². The van der Waals surface area contributed by atoms with Crippen LogP contribution in [0.3, 0.4) is 0 Å². The van der Waals surface area contributed by atoms with Gasteiger partial charge in [-0.05, 0) is 30.2 Å². The predicted octanol–water partition coefficient (Wildman–Crippen LogP) is 2.06. The van der Waals surface area contributed by atoms with Crippen molar-refractivity contribution >= 4 is 17.7 Å². The molecule has 0 unspecified atom stereocenters. The maximum Gasteiger partial charge on any atom is 0.326 e. The largest absolute Gasteiger partial charge is 0.480 e. The quantitative estimate of drug-likeness (QED) is 0.769. The zero-order valence-electron chi connectivity index (χ0n) is 10.1. The van der Waals surface area contributed by atoms with Crippen LogP contribution in [0.2, 0.25) is 0 Å². The molecule has 0 saturated heterocycles. The minimum Gasteiger partial charge on any atom is -0.480 e. The molecule has 0 aliphatic rings. The van der Waals surface area contributed by atoms with E-state index in [1.54, 1.807) is 13.8 Å². The first-order valence-electron chi connectivity index (χ1n) is 5.46. The van der Waals surface area contributed by atoms with Gasteiger partial charge in [0.05, 0.1) is 0 Å². The molecule has 0 fully saturated rings. The van der Waals surface area contributed by atoms with Crippen LogP contribution in [0.4, 0.5) is 14.9 Å². The molecular weight excluding hydrogens is 239 g/mol. The molecule has 6 heteroatoms. The van der Waals surface area contributed by atoms with E-state index in [9.17, 15) is 14.0 Å². The van der Waals surface area contributed by atoms with E-state index in [1.165, 1.54) is 24.3 Å². The number of carbonyl (C=O) groups excluding carboxylic acids is 1. The van der Waals surface area contributed by atoms with Crippen LogP contribution < -0.4 is 10.6 Å². The summed E-state index contributed by atoms with van der Waals surface area (Å²) in [5.41, 5.74) is 0.391. The van der Waals surface area contributed by atoms with Crippen molar-refractivity contribution in [2.75, 3.05) is 5.32 Å². The lowest BCUT2D eigenvalue weighted by Gasteiger charge is -2.18. The zero-order valence-corrected chi connectivity index (χ0v) is 10.1. The highest BCUT2D eigenvalue weighted by Gasteiger charge is 2.23. The molecule has 1 atom stereocenters. The van der Waals surface area contributed by atoms with Crippen molar-refractivity contribution in [2.24, 2.45) is 5.92 Å². The summed E-state index contributed by atoms with van der Waals surface area (Å²) in [5, 5.41) is 13.7. The van der Waals surface area contributed by atoms with E-state index >= 15 is 0 Å². The Hall–Kier alpha value is -2.11. The molecule has 0 saturated carbocycles. The van der Waals surface area contributed by atoms with Crippen LogP contribution in [0.15, 0.2) is 24.3 Å². The SMILES string of the molecule is CC(C)[C@H](NC(=O)Nc1ccc(F)cc1)C(=O)O. The summed E-state index contributed by atoms with van der Waals surface area (Å²) < 4.78 is 12.6. The van der Waals surface area contributed by atoms with Crippen molar-refractivity contribution in [3.8, 4) is 0 Å². The molecule has 3 N–H and O–H groups in total. The fourth-order valence-electron chi connectivity index (χ4n) is 1.36. The van der Waals surface area contributed by atoms with Crippen molar-refractivity contribution in [1.82, 2.24) is 5.32 Å². The van der Waals surface area contributed by atoms with Crippen LogP contribution in [-0.2, 0) is 4.79 Å². The van der Waals surface area contributed by atoms with Crippen molar-refractivity contribution < 1.29 is 19.1 Å². The van der Waals surface area contributed by atoms with Crippen LogP contribution in [0.25, 0.3) is 0 Å². The fourth-order valence-corrected chi connectivity index (χ4v) is 1.36. The van der Waals surface area contributed by atoms with Gasteiger partial charge in [-0.15, -0.1) is 0 Å². The van der Waals surface area contributed by atoms with Gasteiger partial charge in [-0.25, -0.2) is 14.0 Å². The van der Waals surface area contributed by atoms with Gasteiger partial charge in [-0.2, -0.15) is 0 Å². The number of carboxylic acid groups (broad SMARTS) is 1. The molecule has 0 aliphatic heterocycles. The minimum absolute atomic E-state index is 0.235. The number of benzene rings is 1. The molecule has 1 aromatic carbocycles. The van der Waals surface area contributed by atoms with E-state index in [0.29, 0.717) is 5.69 Å². The van der Waals surface area contributed by atoms with E-state index in [1.807, 2.05) is 0 Å². The highest BCUT2D eigenvalue weighted by atomic mass is 19.1. The lowest BCUT2D eigenvalue weighted by molar-refractivity contribution is -0.140. The van der Waals surface area contributed by atoms with Crippen LogP contribution >= 0.6 is 0 Å². The molecule has 0 aromatic heterocycles. The Morgan fingerprint density at radius 3 is 2.22 bits per heavy atom. The lowest BCUT2D eigenvalue weighted by Crippen LogP contribution is -2.46. The maximum absolute atomic E-state index is 12.6. The normalized spacial score (nSPS) is 12.0. The first kappa shape index (κ1) is 14.0. The standard InChI is InChI=1S/C12H15FN2O3/c1-7(2)10(11(16)17)15-12(18)14-9-5-3-8(13)4-6-9/h3-7,10H,1-2H3,(H,16,17)(H2,14,15,18)/t10-/m0/s1. The first-order chi connectivity index (χ1) is 8.40. The van der Waals surface area contributed by atoms with Crippen molar-refractivity contribution in [3.05, 3.63) is 30.1 Å². The third kappa shape index (κ3) is 4.04. The second-order valence-corrected chi connectivity index (χ2v) is 4.17. The Kier molecular flexibility index (Phi) is 4.65. The number of carboxylic acids is 1. The van der Waals surface area contributed by atoms with Gasteiger partial charge in [0.2, 0.25) is 0 Å². The molecule has 0 heterocycles. The van der Waals surface area contributed by atoms with E-state index in [-0.39, 0.29) is 5.92 Å². The summed E-state index contributed by atoms with van der Waals surface area (Å²) in [6.07, 6.45) is 0. The summed E-state index contributed by atoms with van der Waals surface area (Å²) in [7, 11) is 0. The number of aliphatic carboxylic acids is 1. The van der Waals surface area contributed by atoms with Crippen LogP contribution in [0.5, 0.6) is 0 Å². The van der Waals surface area contributed by atoms with Gasteiger partial charge in [-0.1, -0.05) is 13.8 Å². The molecule has 5 nitrogen and oxygen atoms in total. The van der Waals surface area contributed by atoms with E-state index < -0.39 is 23.9 Å². The summed E-state index contributed by atoms with van der Waals surface area (Å²) in [4.78, 5) is 22.4. The summed E-state index contributed by atoms with van der Waals surface area (Å²) >= 11 is 0. The van der Waals surface area contributed by atoms with Crippen LogP contribution in [0, 0.1) is 11.7 Å². The second-order valence-electron chi connectivity index (χ2n) is 4.17. The lowest BCUT2D eigenvalue weighted by atomic mass is 10.1. The molecule has 0 spiro atoms. The fraction of sp³-hybridized carbons (Fsp3) is 0.333. The van der Waals surface area contributed by atoms with Crippen molar-refractivity contribution in [1.29, 1.82) is 0 Å². The molecular formula is C12H15FN2O3. The van der Waals surface area contributed by atoms with Gasteiger partial charge >= 0.3 is 12.0 Å². The molecule has 0 bridgehead atoms. The van der Waals surface area contributed by atoms with E-state index in [0.717, 1.165) is 0 Å². The third-order valence-electron chi connectivity index (χ3n) is 2.32. The average Bonchev–Trinajstić information content (AvgIpc) is 2.28. The average molecular weight is 254 g/mol. The number of carbonyl (C=O) groups is 2. The number of nitrogens with one attached hydrogen (secondary N) is 2. The molecule has 0 aliphatic carbocycles. The molecule has 2 amide bonds. The molecule has 98 valence electrons. The van der Waals surface area contributed by atoms with Crippen LogP contribution in [-0.4, -0.2) is 23.1 Å². The highest BCUT2D eigenvalue weighted by molar-refractivity contribution is 5.92. The molecule has 0 radical (unpaired) electrons.